The zero-order chi connectivity index (χ0) is 25.4. The van der Waals surface area contributed by atoms with Crippen molar-refractivity contribution in [2.45, 2.75) is 4.90 Å². The maximum Gasteiger partial charge on any atom is 0.271 e. The Kier molecular flexibility index (Phi) is 8.16. The van der Waals surface area contributed by atoms with E-state index in [-0.39, 0.29) is 10.5 Å². The number of anilines is 1. The smallest absolute Gasteiger partial charge is 0.271 e. The van der Waals surface area contributed by atoms with Crippen molar-refractivity contribution in [2.24, 2.45) is 5.10 Å². The lowest BCUT2D eigenvalue weighted by Gasteiger charge is -2.11. The highest BCUT2D eigenvalue weighted by Crippen LogP contribution is 2.33. The minimum absolute atomic E-state index is 0.0773. The number of hydrazone groups is 1. The van der Waals surface area contributed by atoms with Crippen LogP contribution in [0.2, 0.25) is 0 Å². The lowest BCUT2D eigenvalue weighted by Crippen LogP contribution is -2.19. The van der Waals surface area contributed by atoms with E-state index >= 15 is 0 Å². The fraction of sp³-hybridized carbons (Fsp3) is 0.167. The van der Waals surface area contributed by atoms with Crippen LogP contribution in [0.4, 0.5) is 5.69 Å². The van der Waals surface area contributed by atoms with Gasteiger partial charge in [-0.2, -0.15) is 5.10 Å². The topological polar surface area (TPSA) is 125 Å². The molecule has 0 saturated carbocycles. The first-order chi connectivity index (χ1) is 16.8. The van der Waals surface area contributed by atoms with Crippen molar-refractivity contribution in [3.05, 3.63) is 71.8 Å². The summed E-state index contributed by atoms with van der Waals surface area (Å²) in [7, 11) is 2.08. The molecule has 0 spiro atoms. The van der Waals surface area contributed by atoms with Gasteiger partial charge in [-0.25, -0.2) is 13.8 Å². The molecule has 3 rings (SSSR count). The van der Waals surface area contributed by atoms with E-state index < -0.39 is 15.9 Å². The second-order valence-electron chi connectivity index (χ2n) is 7.01. The zero-order valence-electron chi connectivity index (χ0n) is 19.6. The van der Waals surface area contributed by atoms with Gasteiger partial charge in [0.2, 0.25) is 0 Å². The van der Waals surface area contributed by atoms with E-state index in [1.165, 1.54) is 58.9 Å². The summed E-state index contributed by atoms with van der Waals surface area (Å²) in [6.45, 7) is 0. The number of carbonyl (C=O) groups excluding carboxylic acids is 1. The van der Waals surface area contributed by atoms with Crippen LogP contribution in [0.1, 0.15) is 15.9 Å². The van der Waals surface area contributed by atoms with Crippen LogP contribution in [0.5, 0.6) is 23.0 Å². The maximum atomic E-state index is 12.8. The first-order valence-electron chi connectivity index (χ1n) is 10.2. The number of methoxy groups -OCH3 is 4. The third-order valence-corrected chi connectivity index (χ3v) is 6.23. The Labute approximate surface area is 203 Å². The van der Waals surface area contributed by atoms with Gasteiger partial charge in [0.25, 0.3) is 15.9 Å². The number of amides is 1. The molecular formula is C24H25N3O7S. The lowest BCUT2D eigenvalue weighted by molar-refractivity contribution is 0.0955. The van der Waals surface area contributed by atoms with Crippen molar-refractivity contribution in [1.82, 2.24) is 5.43 Å². The molecule has 0 radical (unpaired) electrons. The van der Waals surface area contributed by atoms with E-state index in [1.807, 2.05) is 0 Å². The molecule has 0 aromatic heterocycles. The average Bonchev–Trinajstić information content (AvgIpc) is 2.88. The van der Waals surface area contributed by atoms with Crippen LogP contribution in [0.3, 0.4) is 0 Å². The molecule has 0 atom stereocenters. The number of rotatable bonds is 10. The number of nitrogens with zero attached hydrogens (tertiary/aromatic N) is 1. The Morgan fingerprint density at radius 1 is 0.829 bits per heavy atom. The van der Waals surface area contributed by atoms with E-state index in [4.69, 9.17) is 18.9 Å². The number of sulfonamides is 1. The second-order valence-corrected chi connectivity index (χ2v) is 8.69. The van der Waals surface area contributed by atoms with Gasteiger partial charge in [-0.15, -0.1) is 0 Å². The van der Waals surface area contributed by atoms with Gasteiger partial charge in [0.15, 0.2) is 11.5 Å². The van der Waals surface area contributed by atoms with Crippen molar-refractivity contribution in [3.8, 4) is 23.0 Å². The molecule has 0 aliphatic carbocycles. The summed E-state index contributed by atoms with van der Waals surface area (Å²) < 4.78 is 48.9. The Hall–Kier alpha value is -4.25. The summed E-state index contributed by atoms with van der Waals surface area (Å²) in [6, 6.07) is 15.3. The molecule has 35 heavy (non-hydrogen) atoms. The highest BCUT2D eigenvalue weighted by molar-refractivity contribution is 7.92. The van der Waals surface area contributed by atoms with Crippen molar-refractivity contribution in [2.75, 3.05) is 33.2 Å². The molecule has 0 heterocycles. The molecule has 0 aliphatic rings. The van der Waals surface area contributed by atoms with E-state index in [0.29, 0.717) is 34.2 Å². The van der Waals surface area contributed by atoms with Crippen LogP contribution in [-0.2, 0) is 10.0 Å². The summed E-state index contributed by atoms with van der Waals surface area (Å²) in [6.07, 6.45) is 1.38. The fourth-order valence-corrected chi connectivity index (χ4v) is 4.16. The Morgan fingerprint density at radius 3 is 2.11 bits per heavy atom. The van der Waals surface area contributed by atoms with Gasteiger partial charge in [-0.1, -0.05) is 6.07 Å². The van der Waals surface area contributed by atoms with Crippen LogP contribution in [0, 0.1) is 0 Å². The summed E-state index contributed by atoms with van der Waals surface area (Å²) in [5.74, 6) is 1.40. The zero-order valence-corrected chi connectivity index (χ0v) is 20.4. The van der Waals surface area contributed by atoms with Gasteiger partial charge in [0.05, 0.1) is 39.5 Å². The van der Waals surface area contributed by atoms with E-state index in [9.17, 15) is 13.2 Å². The largest absolute Gasteiger partial charge is 0.497 e. The predicted molar refractivity (Wildman–Crippen MR) is 131 cm³/mol. The number of carbonyl (C=O) groups is 1. The minimum atomic E-state index is -3.93. The van der Waals surface area contributed by atoms with Crippen LogP contribution < -0.4 is 29.1 Å². The first-order valence-corrected chi connectivity index (χ1v) is 11.7. The average molecular weight is 500 g/mol. The third kappa shape index (κ3) is 6.21. The van der Waals surface area contributed by atoms with E-state index in [1.54, 1.807) is 36.4 Å². The van der Waals surface area contributed by atoms with Gasteiger partial charge in [0, 0.05) is 22.9 Å². The standard InChI is InChI=1S/C24H25N3O7S/c1-31-19-10-8-18(9-11-19)27-35(29,30)20-7-5-6-16(12-20)24(28)26-25-15-17-13-22(33-3)23(34-4)14-21(17)32-2/h5-15,27H,1-4H3,(H,26,28)/b25-15+. The van der Waals surface area contributed by atoms with E-state index in [2.05, 4.69) is 15.2 Å². The molecule has 1 amide bonds. The summed E-state index contributed by atoms with van der Waals surface area (Å²) in [5.41, 5.74) is 3.38. The molecule has 0 bridgehead atoms. The number of hydrogen-bond acceptors (Lipinski definition) is 8. The molecule has 3 aromatic carbocycles. The number of nitrogens with one attached hydrogen (secondary N) is 2. The van der Waals surface area contributed by atoms with Gasteiger partial charge >= 0.3 is 0 Å². The molecule has 3 aromatic rings. The number of hydrogen-bond donors (Lipinski definition) is 2. The Balaban J connectivity index is 1.75. The normalized spacial score (nSPS) is 11.1. The summed E-state index contributed by atoms with van der Waals surface area (Å²) >= 11 is 0. The number of benzene rings is 3. The fourth-order valence-electron chi connectivity index (χ4n) is 3.06. The van der Waals surface area contributed by atoms with Crippen LogP contribution in [-0.4, -0.2) is 49.0 Å². The quantitative estimate of drug-likeness (QED) is 0.324. The van der Waals surface area contributed by atoms with Gasteiger partial charge in [0.1, 0.15) is 11.5 Å². The van der Waals surface area contributed by atoms with Gasteiger partial charge in [-0.05, 0) is 48.5 Å². The SMILES string of the molecule is COc1ccc(NS(=O)(=O)c2cccc(C(=O)N/N=C/c3cc(OC)c(OC)cc3OC)c2)cc1. The maximum absolute atomic E-state index is 12.8. The molecule has 10 nitrogen and oxygen atoms in total. The monoisotopic (exact) mass is 499 g/mol. The molecule has 0 unspecified atom stereocenters. The molecule has 11 heteroatoms. The Morgan fingerprint density at radius 2 is 1.49 bits per heavy atom. The minimum Gasteiger partial charge on any atom is -0.497 e. The first kappa shape index (κ1) is 25.4. The van der Waals surface area contributed by atoms with Crippen molar-refractivity contribution < 1.29 is 32.2 Å². The molecule has 184 valence electrons. The highest BCUT2D eigenvalue weighted by atomic mass is 32.2. The Bertz CT molecular complexity index is 1320. The van der Waals surface area contributed by atoms with Gasteiger partial charge < -0.3 is 18.9 Å². The molecule has 0 saturated heterocycles. The molecule has 0 aliphatic heterocycles. The van der Waals surface area contributed by atoms with Crippen molar-refractivity contribution in [3.63, 3.8) is 0 Å². The molecule has 0 fully saturated rings. The highest BCUT2D eigenvalue weighted by Gasteiger charge is 2.17. The van der Waals surface area contributed by atoms with Crippen molar-refractivity contribution >= 4 is 27.8 Å². The lowest BCUT2D eigenvalue weighted by atomic mass is 10.2. The summed E-state index contributed by atoms with van der Waals surface area (Å²) in [4.78, 5) is 12.5. The summed E-state index contributed by atoms with van der Waals surface area (Å²) in [5, 5.41) is 3.96. The predicted octanol–water partition coefficient (Wildman–Crippen LogP) is 3.29. The number of ether oxygens (including phenoxy) is 4. The van der Waals surface area contributed by atoms with Crippen LogP contribution >= 0.6 is 0 Å². The van der Waals surface area contributed by atoms with Crippen molar-refractivity contribution in [1.29, 1.82) is 0 Å². The molecule has 2 N–H and O–H groups in total. The molecular weight excluding hydrogens is 474 g/mol. The van der Waals surface area contributed by atoms with E-state index in [0.717, 1.165) is 0 Å². The van der Waals surface area contributed by atoms with Crippen LogP contribution in [0.15, 0.2) is 70.7 Å². The second kappa shape index (κ2) is 11.3. The van der Waals surface area contributed by atoms with Crippen LogP contribution in [0.25, 0.3) is 0 Å². The van der Waals surface area contributed by atoms with Gasteiger partial charge in [-0.3, -0.25) is 9.52 Å². The third-order valence-electron chi connectivity index (χ3n) is 4.85.